The van der Waals surface area contributed by atoms with Crippen LogP contribution in [0.4, 0.5) is 5.82 Å². The molecule has 0 amide bonds. The monoisotopic (exact) mass is 394 g/mol. The van der Waals surface area contributed by atoms with Gasteiger partial charge in [0.25, 0.3) is 0 Å². The number of hydrogen-bond donors (Lipinski definition) is 1. The molecule has 7 nitrogen and oxygen atoms in total. The molecule has 0 spiro atoms. The Bertz CT molecular complexity index is 804. The molecule has 0 saturated carbocycles. The number of nitrogens with one attached hydrogen (secondary N) is 1. The summed E-state index contributed by atoms with van der Waals surface area (Å²) in [5.41, 5.74) is 0.852. The van der Waals surface area contributed by atoms with Crippen molar-refractivity contribution in [1.29, 1.82) is 0 Å². The van der Waals surface area contributed by atoms with Gasteiger partial charge in [-0.1, -0.05) is 0 Å². The zero-order chi connectivity index (χ0) is 18.8. The summed E-state index contributed by atoms with van der Waals surface area (Å²) in [6.07, 6.45) is 1.62. The van der Waals surface area contributed by atoms with Crippen LogP contribution in [0.25, 0.3) is 10.9 Å². The molecule has 0 aliphatic carbocycles. The molecule has 139 valence electrons. The standard InChI is InChI=1S/C18H25N5O2.V/c1-12-8-22(9-13(2)23(12)11-19-3)18-14-6-16(24-4)17(25-5)7-15(14)20-10-21-18;/h6-7,10,12-13,19H,8-9H2,1-5H3;. The van der Waals surface area contributed by atoms with Crippen molar-refractivity contribution in [2.24, 2.45) is 0 Å². The van der Waals surface area contributed by atoms with Crippen molar-refractivity contribution in [1.82, 2.24) is 20.2 Å². The number of rotatable bonds is 5. The van der Waals surface area contributed by atoms with Crippen molar-refractivity contribution in [3.63, 3.8) is 0 Å². The van der Waals surface area contributed by atoms with E-state index in [4.69, 9.17) is 9.47 Å². The van der Waals surface area contributed by atoms with Crippen molar-refractivity contribution < 1.29 is 26.5 Å². The average molecular weight is 394 g/mol. The fourth-order valence-corrected chi connectivity index (χ4v) is 4.28. The summed E-state index contributed by atoms with van der Waals surface area (Å²) in [4.78, 5) is 13.7. The Kier molecular flexibility index (Phi) is 5.82. The first-order chi connectivity index (χ1) is 12.5. The summed E-state index contributed by atoms with van der Waals surface area (Å²) in [5, 5.41) is 4.22. The molecule has 3 rings (SSSR count). The van der Waals surface area contributed by atoms with E-state index in [1.807, 2.05) is 19.2 Å². The Labute approximate surface area is 163 Å². The zero-order valence-corrected chi connectivity index (χ0v) is 17.3. The van der Waals surface area contributed by atoms with Crippen molar-refractivity contribution in [3.8, 4) is 11.5 Å². The third-order valence-corrected chi connectivity index (χ3v) is 5.52. The van der Waals surface area contributed by atoms with Gasteiger partial charge in [-0.05, 0) is 0 Å². The van der Waals surface area contributed by atoms with Crippen molar-refractivity contribution in [3.05, 3.63) is 18.5 Å². The van der Waals surface area contributed by atoms with Gasteiger partial charge in [-0.2, -0.15) is 0 Å². The summed E-state index contributed by atoms with van der Waals surface area (Å²) in [5.74, 6) is 2.30. The molecule has 1 fully saturated rings. The first-order valence-corrected chi connectivity index (χ1v) is 9.33. The van der Waals surface area contributed by atoms with Gasteiger partial charge in [0.2, 0.25) is 0 Å². The molecule has 1 aromatic carbocycles. The third kappa shape index (κ3) is 3.44. The van der Waals surface area contributed by atoms with Crippen molar-refractivity contribution in [2.45, 2.75) is 25.9 Å². The van der Waals surface area contributed by atoms with Gasteiger partial charge >= 0.3 is 163 Å². The summed E-state index contributed by atoms with van der Waals surface area (Å²) in [6, 6.07) is 4.58. The van der Waals surface area contributed by atoms with Crippen LogP contribution in [-0.2, 0) is 17.0 Å². The number of aromatic nitrogens is 2. The Morgan fingerprint density at radius 2 is 1.73 bits per heavy atom. The summed E-state index contributed by atoms with van der Waals surface area (Å²) in [6.45, 7) is 6.24. The van der Waals surface area contributed by atoms with Crippen LogP contribution in [0.5, 0.6) is 11.5 Å². The summed E-state index contributed by atoms with van der Waals surface area (Å²) >= 11 is 2.63. The van der Waals surface area contributed by atoms with E-state index in [-0.39, 0.29) is 0 Å². The van der Waals surface area contributed by atoms with Gasteiger partial charge in [0, 0.05) is 0 Å². The van der Waals surface area contributed by atoms with Crippen LogP contribution in [0.3, 0.4) is 0 Å². The number of ether oxygens (including phenoxy) is 2. The predicted molar refractivity (Wildman–Crippen MR) is 99.7 cm³/mol. The SMILES string of the molecule is CN[C](=[V])N1C(C)CN(c2ncnc3cc(OC)c(OC)cc23)CC1C. The molecule has 2 aromatic rings. The van der Waals surface area contributed by atoms with Crippen LogP contribution >= 0.6 is 0 Å². The fourth-order valence-electron chi connectivity index (χ4n) is 3.66. The normalized spacial score (nSPS) is 21.0. The first kappa shape index (κ1) is 19.1. The van der Waals surface area contributed by atoms with Crippen molar-refractivity contribution >= 4 is 21.2 Å². The second-order valence-electron chi connectivity index (χ2n) is 6.51. The topological polar surface area (TPSA) is 62.8 Å². The van der Waals surface area contributed by atoms with E-state index in [0.29, 0.717) is 23.6 Å². The second kappa shape index (κ2) is 7.92. The number of hydrogen-bond acceptors (Lipinski definition) is 7. The maximum absolute atomic E-state index is 5.47. The molecule has 1 aliphatic heterocycles. The van der Waals surface area contributed by atoms with Crippen LogP contribution < -0.4 is 19.7 Å². The van der Waals surface area contributed by atoms with E-state index in [0.717, 1.165) is 34.3 Å². The maximum atomic E-state index is 5.47. The average Bonchev–Trinajstić information content (AvgIpc) is 2.65. The quantitative estimate of drug-likeness (QED) is 0.823. The number of fused-ring (bicyclic) bond motifs is 1. The fraction of sp³-hybridized carbons (Fsp3) is 0.500. The van der Waals surface area contributed by atoms with E-state index in [9.17, 15) is 0 Å². The molecule has 1 aromatic heterocycles. The molecule has 1 N–H and O–H groups in total. The molecule has 0 radical (unpaired) electrons. The van der Waals surface area contributed by atoms with Crippen molar-refractivity contribution in [2.75, 3.05) is 39.3 Å². The zero-order valence-electron chi connectivity index (χ0n) is 15.9. The molecule has 1 saturated heterocycles. The molecular formula is C18H25N5O2V. The van der Waals surface area contributed by atoms with Crippen LogP contribution in [0, 0.1) is 0 Å². The Morgan fingerprint density at radius 1 is 1.12 bits per heavy atom. The van der Waals surface area contributed by atoms with E-state index < -0.39 is 0 Å². The molecule has 0 bridgehead atoms. The molecule has 2 atom stereocenters. The van der Waals surface area contributed by atoms with Gasteiger partial charge in [-0.15, -0.1) is 0 Å². The second-order valence-corrected chi connectivity index (χ2v) is 7.17. The predicted octanol–water partition coefficient (Wildman–Crippen LogP) is 1.40. The van der Waals surface area contributed by atoms with Crippen LogP contribution in [0.15, 0.2) is 18.5 Å². The molecule has 2 unspecified atom stereocenters. The molecule has 1 aliphatic rings. The Balaban J connectivity index is 1.99. The number of methoxy groups -OCH3 is 2. The van der Waals surface area contributed by atoms with E-state index in [1.54, 1.807) is 20.5 Å². The number of piperazine rings is 1. The van der Waals surface area contributed by atoms with Gasteiger partial charge in [0.15, 0.2) is 0 Å². The van der Waals surface area contributed by atoms with Crippen LogP contribution in [0.1, 0.15) is 13.8 Å². The number of benzene rings is 1. The molecule has 2 heterocycles. The minimum atomic E-state index is 0.356. The summed E-state index contributed by atoms with van der Waals surface area (Å²) < 4.78 is 12.0. The molecule has 26 heavy (non-hydrogen) atoms. The minimum absolute atomic E-state index is 0.356. The van der Waals surface area contributed by atoms with Gasteiger partial charge in [0.05, 0.1) is 0 Å². The third-order valence-electron chi connectivity index (χ3n) is 4.81. The van der Waals surface area contributed by atoms with E-state index >= 15 is 0 Å². The summed E-state index contributed by atoms with van der Waals surface area (Å²) in [7, 11) is 5.23. The van der Waals surface area contributed by atoms with E-state index in [2.05, 4.69) is 55.9 Å². The van der Waals surface area contributed by atoms with E-state index in [1.165, 1.54) is 0 Å². The molecular weight excluding hydrogens is 369 g/mol. The van der Waals surface area contributed by atoms with Gasteiger partial charge in [-0.3, -0.25) is 0 Å². The first-order valence-electron chi connectivity index (χ1n) is 8.63. The molecule has 8 heteroatoms. The van der Waals surface area contributed by atoms with Crippen LogP contribution in [0.2, 0.25) is 0 Å². The Hall–Kier alpha value is -1.67. The van der Waals surface area contributed by atoms with Gasteiger partial charge < -0.3 is 0 Å². The Morgan fingerprint density at radius 3 is 2.31 bits per heavy atom. The van der Waals surface area contributed by atoms with Gasteiger partial charge in [0.1, 0.15) is 0 Å². The number of nitrogens with zero attached hydrogens (tertiary/aromatic N) is 4. The van der Waals surface area contributed by atoms with Gasteiger partial charge in [-0.25, -0.2) is 0 Å². The van der Waals surface area contributed by atoms with Crippen LogP contribution in [-0.4, -0.2) is 65.8 Å². The number of anilines is 1.